The first-order chi connectivity index (χ1) is 17.7. The van der Waals surface area contributed by atoms with E-state index in [0.717, 1.165) is 34.1 Å². The number of benzene rings is 2. The van der Waals surface area contributed by atoms with Crippen LogP contribution in [0.4, 0.5) is 0 Å². The minimum atomic E-state index is -0.735. The molecule has 0 saturated heterocycles. The van der Waals surface area contributed by atoms with Gasteiger partial charge in [-0.3, -0.25) is 0 Å². The molecular formula is C32H52O4P2. The molecule has 6 heteroatoms. The van der Waals surface area contributed by atoms with Crippen molar-refractivity contribution in [1.82, 2.24) is 0 Å². The molecule has 2 aromatic rings. The quantitative estimate of drug-likeness (QED) is 0.228. The van der Waals surface area contributed by atoms with Crippen LogP contribution in [-0.4, -0.2) is 36.9 Å². The van der Waals surface area contributed by atoms with Crippen LogP contribution in [0, 0.1) is 0 Å². The van der Waals surface area contributed by atoms with Crippen molar-refractivity contribution in [3.63, 3.8) is 0 Å². The van der Waals surface area contributed by atoms with E-state index in [1.165, 1.54) is 11.1 Å². The summed E-state index contributed by atoms with van der Waals surface area (Å²) < 4.78 is 25.9. The molecule has 0 heterocycles. The van der Waals surface area contributed by atoms with E-state index in [1.54, 1.807) is 14.2 Å². The van der Waals surface area contributed by atoms with E-state index in [2.05, 4.69) is 107 Å². The maximum absolute atomic E-state index is 6.96. The molecule has 0 radical (unpaired) electrons. The van der Waals surface area contributed by atoms with Crippen molar-refractivity contribution >= 4 is 16.3 Å². The summed E-state index contributed by atoms with van der Waals surface area (Å²) in [6, 6.07) is 8.82. The van der Waals surface area contributed by atoms with Gasteiger partial charge in [-0.25, -0.2) is 0 Å². The molecule has 4 nitrogen and oxygen atoms in total. The van der Waals surface area contributed by atoms with Crippen LogP contribution < -0.4 is 18.5 Å². The van der Waals surface area contributed by atoms with Crippen molar-refractivity contribution in [2.45, 2.75) is 118 Å². The van der Waals surface area contributed by atoms with Gasteiger partial charge >= 0.3 is 0 Å². The molecule has 0 amide bonds. The van der Waals surface area contributed by atoms with Crippen molar-refractivity contribution < 1.29 is 18.5 Å². The molecule has 0 bridgehead atoms. The van der Waals surface area contributed by atoms with Crippen LogP contribution in [0.25, 0.3) is 11.1 Å². The van der Waals surface area contributed by atoms with Crippen molar-refractivity contribution in [2.24, 2.45) is 0 Å². The number of ether oxygens (including phenoxy) is 2. The second-order valence-corrected chi connectivity index (χ2v) is 17.7. The average Bonchev–Trinajstić information content (AvgIpc) is 2.83. The molecule has 0 spiro atoms. The van der Waals surface area contributed by atoms with Gasteiger partial charge in [0.2, 0.25) is 0 Å². The number of rotatable bonds is 13. The van der Waals surface area contributed by atoms with Crippen LogP contribution in [-0.2, 0) is 0 Å². The molecule has 0 fully saturated rings. The van der Waals surface area contributed by atoms with Crippen LogP contribution in [0.15, 0.2) is 24.3 Å². The van der Waals surface area contributed by atoms with Gasteiger partial charge in [-0.15, -0.1) is 0 Å². The third-order valence-corrected chi connectivity index (χ3v) is 11.5. The molecular weight excluding hydrogens is 510 g/mol. The maximum atomic E-state index is 6.96. The summed E-state index contributed by atoms with van der Waals surface area (Å²) in [5.41, 5.74) is 6.09. The predicted octanol–water partition coefficient (Wildman–Crippen LogP) is 10.8. The van der Waals surface area contributed by atoms with E-state index in [1.807, 2.05) is 0 Å². The van der Waals surface area contributed by atoms with Crippen molar-refractivity contribution in [3.8, 4) is 34.1 Å². The molecule has 214 valence electrons. The smallest absolute Gasteiger partial charge is 0.173 e. The molecule has 0 atom stereocenters. The topological polar surface area (TPSA) is 36.9 Å². The number of hydrogen-bond donors (Lipinski definition) is 0. The van der Waals surface area contributed by atoms with Gasteiger partial charge in [0.25, 0.3) is 0 Å². The van der Waals surface area contributed by atoms with Gasteiger partial charge in [0.15, 0.2) is 23.0 Å². The van der Waals surface area contributed by atoms with Gasteiger partial charge in [0, 0.05) is 33.8 Å². The summed E-state index contributed by atoms with van der Waals surface area (Å²) in [5, 5.41) is 0. The highest BCUT2D eigenvalue weighted by atomic mass is 31.1. The average molecular weight is 563 g/mol. The molecule has 0 saturated carbocycles. The second-order valence-electron chi connectivity index (χ2n) is 11.8. The van der Waals surface area contributed by atoms with Crippen LogP contribution in [0.2, 0.25) is 0 Å². The van der Waals surface area contributed by atoms with Gasteiger partial charge in [-0.05, 0) is 47.2 Å². The Labute approximate surface area is 235 Å². The van der Waals surface area contributed by atoms with Crippen LogP contribution >= 0.6 is 16.3 Å². The lowest BCUT2D eigenvalue weighted by Gasteiger charge is -2.31. The fourth-order valence-corrected chi connectivity index (χ4v) is 8.66. The highest BCUT2D eigenvalue weighted by Gasteiger charge is 2.30. The van der Waals surface area contributed by atoms with Crippen molar-refractivity contribution in [3.05, 3.63) is 35.4 Å². The predicted molar refractivity (Wildman–Crippen MR) is 169 cm³/mol. The lowest BCUT2D eigenvalue weighted by atomic mass is 9.92. The summed E-state index contributed by atoms with van der Waals surface area (Å²) in [4.78, 5) is 0. The minimum Gasteiger partial charge on any atom is -0.493 e. The summed E-state index contributed by atoms with van der Waals surface area (Å²) in [6.07, 6.45) is 0. The van der Waals surface area contributed by atoms with Crippen LogP contribution in [0.3, 0.4) is 0 Å². The Morgan fingerprint density at radius 2 is 0.763 bits per heavy atom. The highest BCUT2D eigenvalue weighted by Crippen LogP contribution is 2.57. The first-order valence-corrected chi connectivity index (χ1v) is 16.9. The third kappa shape index (κ3) is 7.79. The zero-order valence-corrected chi connectivity index (χ0v) is 28.1. The molecule has 2 rings (SSSR count). The summed E-state index contributed by atoms with van der Waals surface area (Å²) in [5.74, 6) is 3.81. The standard InChI is InChI=1S/C32H52O4P2/c1-19(2)25-15-27(31(29(17-25)33-13)35-37(21(5)6)22(7)8)28-16-26(20(3)4)18-30(34-14)32(28)36-38(23(9)10)24(11)12/h15-24H,1-14H3. The summed E-state index contributed by atoms with van der Waals surface area (Å²) in [6.45, 7) is 26.8. The molecule has 0 unspecified atom stereocenters. The fourth-order valence-electron chi connectivity index (χ4n) is 4.63. The van der Waals surface area contributed by atoms with Gasteiger partial charge in [-0.2, -0.15) is 0 Å². The first kappa shape index (κ1) is 32.7. The Bertz CT molecular complexity index is 945. The van der Waals surface area contributed by atoms with Crippen molar-refractivity contribution in [1.29, 1.82) is 0 Å². The minimum absolute atomic E-state index is 0.330. The molecule has 0 aromatic heterocycles. The van der Waals surface area contributed by atoms with Crippen molar-refractivity contribution in [2.75, 3.05) is 14.2 Å². The largest absolute Gasteiger partial charge is 0.493 e. The summed E-state index contributed by atoms with van der Waals surface area (Å²) in [7, 11) is 2.01. The molecule has 0 N–H and O–H groups in total. The monoisotopic (exact) mass is 562 g/mol. The zero-order valence-electron chi connectivity index (χ0n) is 26.3. The number of methoxy groups -OCH3 is 2. The van der Waals surface area contributed by atoms with Gasteiger partial charge in [-0.1, -0.05) is 83.1 Å². The lowest BCUT2D eigenvalue weighted by molar-refractivity contribution is 0.394. The maximum Gasteiger partial charge on any atom is 0.173 e. The second kappa shape index (κ2) is 14.2. The molecule has 2 aromatic carbocycles. The Kier molecular flexibility index (Phi) is 12.2. The van der Waals surface area contributed by atoms with Gasteiger partial charge < -0.3 is 18.5 Å². The SMILES string of the molecule is COc1cc(C(C)C)cc(-c2cc(C(C)C)cc(OC)c2OP(C(C)C)C(C)C)c1OP(C(C)C)C(C)C. The van der Waals surface area contributed by atoms with E-state index < -0.39 is 16.3 Å². The lowest BCUT2D eigenvalue weighted by Crippen LogP contribution is -2.11. The van der Waals surface area contributed by atoms with Crippen LogP contribution in [0.1, 0.15) is 106 Å². The Balaban J connectivity index is 3.01. The molecule has 38 heavy (non-hydrogen) atoms. The Hall–Kier alpha value is -1.50. The summed E-state index contributed by atoms with van der Waals surface area (Å²) >= 11 is 0. The normalized spacial score (nSPS) is 12.3. The van der Waals surface area contributed by atoms with Gasteiger partial charge in [0.05, 0.1) is 30.5 Å². The van der Waals surface area contributed by atoms with E-state index in [-0.39, 0.29) is 0 Å². The van der Waals surface area contributed by atoms with E-state index >= 15 is 0 Å². The zero-order chi connectivity index (χ0) is 28.9. The van der Waals surface area contributed by atoms with Gasteiger partial charge in [0.1, 0.15) is 0 Å². The van der Waals surface area contributed by atoms with E-state index in [9.17, 15) is 0 Å². The molecule has 0 aliphatic carbocycles. The van der Waals surface area contributed by atoms with Crippen LogP contribution in [0.5, 0.6) is 23.0 Å². The van der Waals surface area contributed by atoms with E-state index in [4.69, 9.17) is 18.5 Å². The molecule has 0 aliphatic rings. The first-order valence-electron chi connectivity index (χ1n) is 14.1. The fraction of sp³-hybridized carbons (Fsp3) is 0.625. The third-order valence-electron chi connectivity index (χ3n) is 6.65. The highest BCUT2D eigenvalue weighted by molar-refractivity contribution is 7.54. The number of hydrogen-bond acceptors (Lipinski definition) is 4. The Morgan fingerprint density at radius 1 is 0.474 bits per heavy atom. The van der Waals surface area contributed by atoms with E-state index in [0.29, 0.717) is 34.5 Å². The molecule has 0 aliphatic heterocycles. The Morgan fingerprint density at radius 3 is 0.974 bits per heavy atom.